The van der Waals surface area contributed by atoms with Crippen molar-refractivity contribution in [3.63, 3.8) is 0 Å². The van der Waals surface area contributed by atoms with E-state index in [1.54, 1.807) is 16.2 Å². The summed E-state index contributed by atoms with van der Waals surface area (Å²) < 4.78 is 5.75. The van der Waals surface area contributed by atoms with Crippen LogP contribution in [0, 0.1) is 0 Å². The van der Waals surface area contributed by atoms with Gasteiger partial charge in [-0.1, -0.05) is 48.5 Å². The summed E-state index contributed by atoms with van der Waals surface area (Å²) in [5.41, 5.74) is 2.74. The van der Waals surface area contributed by atoms with E-state index < -0.39 is 6.09 Å². The minimum Gasteiger partial charge on any atom is -0.446 e. The number of ketones is 1. The second-order valence-corrected chi connectivity index (χ2v) is 11.9. The van der Waals surface area contributed by atoms with E-state index in [2.05, 4.69) is 20.4 Å². The highest BCUT2D eigenvalue weighted by atomic mass is 32.1. The van der Waals surface area contributed by atoms with E-state index in [0.29, 0.717) is 6.54 Å². The van der Waals surface area contributed by atoms with Crippen molar-refractivity contribution in [2.24, 2.45) is 0 Å². The van der Waals surface area contributed by atoms with Crippen molar-refractivity contribution in [2.45, 2.75) is 25.5 Å². The van der Waals surface area contributed by atoms with Gasteiger partial charge in [-0.3, -0.25) is 19.8 Å². The number of hydrogen-bond donors (Lipinski definition) is 2. The highest BCUT2D eigenvalue weighted by molar-refractivity contribution is 7.14. The van der Waals surface area contributed by atoms with Crippen LogP contribution in [0.4, 0.5) is 10.5 Å². The Morgan fingerprint density at radius 2 is 1.62 bits per heavy atom. The summed E-state index contributed by atoms with van der Waals surface area (Å²) in [5.74, 6) is 0.115. The fraction of sp³-hybridized carbons (Fsp3) is 0.406. The number of nitrogens with one attached hydrogen (secondary N) is 2. The predicted molar refractivity (Wildman–Crippen MR) is 166 cm³/mol. The van der Waals surface area contributed by atoms with Crippen LogP contribution in [0.15, 0.2) is 66.7 Å². The first-order chi connectivity index (χ1) is 20.6. The first-order valence-electron chi connectivity index (χ1n) is 14.7. The number of ether oxygens (including phenoxy) is 1. The van der Waals surface area contributed by atoms with Gasteiger partial charge in [-0.25, -0.2) is 4.79 Å². The van der Waals surface area contributed by atoms with Crippen LogP contribution in [0.2, 0.25) is 0 Å². The Labute approximate surface area is 251 Å². The van der Waals surface area contributed by atoms with Gasteiger partial charge in [0.1, 0.15) is 6.10 Å². The van der Waals surface area contributed by atoms with E-state index >= 15 is 0 Å². The van der Waals surface area contributed by atoms with Crippen LogP contribution in [0.5, 0.6) is 0 Å². The Morgan fingerprint density at radius 1 is 0.881 bits per heavy atom. The summed E-state index contributed by atoms with van der Waals surface area (Å²) in [6.07, 6.45) is 1.96. The second-order valence-electron chi connectivity index (χ2n) is 10.8. The highest BCUT2D eigenvalue weighted by Gasteiger charge is 2.23. The molecule has 42 heavy (non-hydrogen) atoms. The van der Waals surface area contributed by atoms with Crippen molar-refractivity contribution < 1.29 is 19.1 Å². The van der Waals surface area contributed by atoms with E-state index in [-0.39, 0.29) is 11.9 Å². The lowest BCUT2D eigenvalue weighted by atomic mass is 10.0. The van der Waals surface area contributed by atoms with E-state index in [1.165, 1.54) is 4.88 Å². The van der Waals surface area contributed by atoms with Gasteiger partial charge in [-0.05, 0) is 36.6 Å². The zero-order valence-corrected chi connectivity index (χ0v) is 24.7. The number of carbonyl (C=O) groups excluding carboxylic acids is 3. The molecule has 2 saturated heterocycles. The SMILES string of the molecule is O=CN1CCN(Cc2ccc(C(=O)CNCCN3CCC(OC(=O)Nc4ccccc4-c4ccccc4)CC3)s2)CC1. The van der Waals surface area contributed by atoms with Gasteiger partial charge < -0.3 is 19.9 Å². The van der Waals surface area contributed by atoms with Gasteiger partial charge in [0.2, 0.25) is 6.41 Å². The molecule has 0 aliphatic carbocycles. The lowest BCUT2D eigenvalue weighted by Gasteiger charge is -2.32. The van der Waals surface area contributed by atoms with Gasteiger partial charge in [0.15, 0.2) is 5.78 Å². The van der Waals surface area contributed by atoms with Crippen molar-refractivity contribution in [1.29, 1.82) is 0 Å². The molecule has 0 radical (unpaired) electrons. The van der Waals surface area contributed by atoms with Crippen molar-refractivity contribution in [2.75, 3.05) is 64.2 Å². The number of likely N-dealkylation sites (tertiary alicyclic amines) is 1. The van der Waals surface area contributed by atoms with Crippen LogP contribution in [-0.4, -0.2) is 98.0 Å². The molecule has 0 atom stereocenters. The fourth-order valence-electron chi connectivity index (χ4n) is 5.39. The average molecular weight is 590 g/mol. The second kappa shape index (κ2) is 15.1. The zero-order valence-electron chi connectivity index (χ0n) is 23.9. The molecule has 0 saturated carbocycles. The van der Waals surface area contributed by atoms with Crippen molar-refractivity contribution >= 4 is 35.3 Å². The fourth-order valence-corrected chi connectivity index (χ4v) is 6.38. The van der Waals surface area contributed by atoms with Gasteiger partial charge >= 0.3 is 6.09 Å². The molecule has 2 aliphatic rings. The summed E-state index contributed by atoms with van der Waals surface area (Å²) in [6, 6.07) is 21.7. The largest absolute Gasteiger partial charge is 0.446 e. The van der Waals surface area contributed by atoms with E-state index in [9.17, 15) is 14.4 Å². The minimum absolute atomic E-state index is 0.110. The molecule has 3 aromatic rings. The Balaban J connectivity index is 0.967. The molecule has 0 spiro atoms. The minimum atomic E-state index is -0.422. The molecule has 2 N–H and O–H groups in total. The number of Topliss-reactive ketones (excluding diaryl/α,β-unsaturated/α-hetero) is 1. The number of thiophene rings is 1. The van der Waals surface area contributed by atoms with Crippen molar-refractivity contribution in [1.82, 2.24) is 20.0 Å². The number of benzene rings is 2. The molecule has 3 heterocycles. The summed E-state index contributed by atoms with van der Waals surface area (Å²) in [5, 5.41) is 6.22. The zero-order chi connectivity index (χ0) is 29.1. The molecule has 0 unspecified atom stereocenters. The Morgan fingerprint density at radius 3 is 2.38 bits per heavy atom. The van der Waals surface area contributed by atoms with Gasteiger partial charge in [0.25, 0.3) is 0 Å². The van der Waals surface area contributed by atoms with Gasteiger partial charge in [-0.15, -0.1) is 11.3 Å². The van der Waals surface area contributed by atoms with Gasteiger partial charge in [-0.2, -0.15) is 0 Å². The predicted octanol–water partition coefficient (Wildman–Crippen LogP) is 4.17. The van der Waals surface area contributed by atoms with Crippen LogP contribution in [0.25, 0.3) is 11.1 Å². The Kier molecular flexibility index (Phi) is 10.7. The molecular formula is C32H39N5O4S. The first-order valence-corrected chi connectivity index (χ1v) is 15.5. The standard InChI is InChI=1S/C32H39N5O4S/c38-24-37-20-18-36(19-21-37)23-27-10-11-31(42-27)30(39)22-33-14-17-35-15-12-26(13-16-35)41-32(40)34-29-9-5-4-8-28(29)25-6-2-1-3-7-25/h1-11,24,26,33H,12-23H2,(H,34,40). The number of piperidine rings is 1. The number of rotatable bonds is 12. The number of amides is 2. The molecule has 222 valence electrons. The molecule has 10 heteroatoms. The molecule has 5 rings (SSSR count). The van der Waals surface area contributed by atoms with Crippen LogP contribution >= 0.6 is 11.3 Å². The smallest absolute Gasteiger partial charge is 0.411 e. The number of carbonyl (C=O) groups is 3. The Hall–Kier alpha value is -3.57. The molecule has 2 aliphatic heterocycles. The molecule has 2 fully saturated rings. The topological polar surface area (TPSA) is 94.2 Å². The molecular weight excluding hydrogens is 550 g/mol. The molecule has 1 aromatic heterocycles. The third kappa shape index (κ3) is 8.48. The number of para-hydroxylation sites is 1. The van der Waals surface area contributed by atoms with Crippen LogP contribution in [0.3, 0.4) is 0 Å². The Bertz CT molecular complexity index is 1320. The summed E-state index contributed by atoms with van der Waals surface area (Å²) in [4.78, 5) is 44.7. The van der Waals surface area contributed by atoms with Gasteiger partial charge in [0.05, 0.1) is 17.1 Å². The van der Waals surface area contributed by atoms with Gasteiger partial charge in [0, 0.05) is 69.3 Å². The maximum atomic E-state index is 12.7. The monoisotopic (exact) mass is 589 g/mol. The number of anilines is 1. The normalized spacial score (nSPS) is 16.7. The van der Waals surface area contributed by atoms with E-state index in [4.69, 9.17) is 4.74 Å². The molecule has 2 amide bonds. The average Bonchev–Trinajstić information content (AvgIpc) is 3.50. The number of hydrogen-bond acceptors (Lipinski definition) is 8. The summed E-state index contributed by atoms with van der Waals surface area (Å²) in [6.45, 7) is 7.66. The maximum Gasteiger partial charge on any atom is 0.411 e. The molecule has 9 nitrogen and oxygen atoms in total. The lowest BCUT2D eigenvalue weighted by molar-refractivity contribution is -0.119. The number of piperazine rings is 1. The summed E-state index contributed by atoms with van der Waals surface area (Å²) >= 11 is 1.56. The van der Waals surface area contributed by atoms with Crippen LogP contribution in [-0.2, 0) is 16.1 Å². The molecule has 2 aromatic carbocycles. The quantitative estimate of drug-likeness (QED) is 0.186. The summed E-state index contributed by atoms with van der Waals surface area (Å²) in [7, 11) is 0. The van der Waals surface area contributed by atoms with E-state index in [0.717, 1.165) is 99.8 Å². The van der Waals surface area contributed by atoms with Crippen molar-refractivity contribution in [3.8, 4) is 11.1 Å². The third-order valence-corrected chi connectivity index (χ3v) is 8.93. The third-order valence-electron chi connectivity index (χ3n) is 7.82. The van der Waals surface area contributed by atoms with Crippen LogP contribution < -0.4 is 10.6 Å². The van der Waals surface area contributed by atoms with Crippen LogP contribution in [0.1, 0.15) is 27.4 Å². The lowest BCUT2D eigenvalue weighted by Crippen LogP contribution is -2.44. The highest BCUT2D eigenvalue weighted by Crippen LogP contribution is 2.28. The number of nitrogens with zero attached hydrogens (tertiary/aromatic N) is 3. The maximum absolute atomic E-state index is 12.7. The van der Waals surface area contributed by atoms with Crippen molar-refractivity contribution in [3.05, 3.63) is 76.5 Å². The molecule has 0 bridgehead atoms. The van der Waals surface area contributed by atoms with E-state index in [1.807, 2.05) is 66.7 Å². The first kappa shape index (κ1) is 29.9.